The lowest BCUT2D eigenvalue weighted by Gasteiger charge is -2.07. The lowest BCUT2D eigenvalue weighted by atomic mass is 10.2. The minimum Gasteiger partial charge on any atom is -0.321 e. The van der Waals surface area contributed by atoms with Gasteiger partial charge in [-0.05, 0) is 46.3 Å². The van der Waals surface area contributed by atoms with Crippen molar-refractivity contribution in [2.75, 3.05) is 5.32 Å². The van der Waals surface area contributed by atoms with E-state index in [9.17, 15) is 4.79 Å². The first kappa shape index (κ1) is 13.5. The van der Waals surface area contributed by atoms with Gasteiger partial charge in [0.25, 0.3) is 5.91 Å². The quantitative estimate of drug-likeness (QED) is 0.767. The van der Waals surface area contributed by atoms with Crippen molar-refractivity contribution in [3.8, 4) is 0 Å². The van der Waals surface area contributed by atoms with Crippen LogP contribution in [-0.4, -0.2) is 10.9 Å². The maximum Gasteiger partial charge on any atom is 0.255 e. The SMILES string of the molecule is O=C(Nc1ccc(Br)cc1Br)c1ccnc(Cl)c1. The van der Waals surface area contributed by atoms with Gasteiger partial charge < -0.3 is 5.32 Å². The number of nitrogens with one attached hydrogen (secondary N) is 1. The van der Waals surface area contributed by atoms with Gasteiger partial charge in [0.1, 0.15) is 5.15 Å². The van der Waals surface area contributed by atoms with Gasteiger partial charge >= 0.3 is 0 Å². The minimum absolute atomic E-state index is 0.234. The molecule has 0 saturated carbocycles. The number of carbonyl (C=O) groups is 1. The monoisotopic (exact) mass is 388 g/mol. The number of hydrogen-bond donors (Lipinski definition) is 1. The lowest BCUT2D eigenvalue weighted by Crippen LogP contribution is -2.12. The fourth-order valence-electron chi connectivity index (χ4n) is 1.33. The second kappa shape index (κ2) is 5.82. The standard InChI is InChI=1S/C12H7Br2ClN2O/c13-8-1-2-10(9(14)6-8)17-12(18)7-3-4-16-11(15)5-7/h1-6H,(H,17,18). The predicted octanol–water partition coefficient (Wildman–Crippen LogP) is 4.51. The normalized spacial score (nSPS) is 10.2. The Labute approximate surface area is 126 Å². The van der Waals surface area contributed by atoms with E-state index in [2.05, 4.69) is 42.2 Å². The average Bonchev–Trinajstić information content (AvgIpc) is 2.32. The highest BCUT2D eigenvalue weighted by Crippen LogP contribution is 2.26. The van der Waals surface area contributed by atoms with Gasteiger partial charge in [-0.15, -0.1) is 0 Å². The summed E-state index contributed by atoms with van der Waals surface area (Å²) in [7, 11) is 0. The second-order valence-corrected chi connectivity index (χ2v) is 5.60. The summed E-state index contributed by atoms with van der Waals surface area (Å²) < 4.78 is 1.73. The summed E-state index contributed by atoms with van der Waals surface area (Å²) in [4.78, 5) is 15.8. The largest absolute Gasteiger partial charge is 0.321 e. The summed E-state index contributed by atoms with van der Waals surface area (Å²) in [6.07, 6.45) is 1.49. The summed E-state index contributed by atoms with van der Waals surface area (Å²) in [6.45, 7) is 0. The van der Waals surface area contributed by atoms with Gasteiger partial charge in [-0.25, -0.2) is 4.98 Å². The molecule has 0 aliphatic rings. The Bertz CT molecular complexity index is 604. The molecule has 2 rings (SSSR count). The molecule has 92 valence electrons. The molecule has 0 fully saturated rings. The summed E-state index contributed by atoms with van der Waals surface area (Å²) in [5, 5.41) is 3.08. The number of benzene rings is 1. The van der Waals surface area contributed by atoms with Gasteiger partial charge in [-0.3, -0.25) is 4.79 Å². The summed E-state index contributed by atoms with van der Waals surface area (Å²) >= 11 is 12.5. The number of carbonyl (C=O) groups excluding carboxylic acids is 1. The molecule has 2 aromatic rings. The summed E-state index contributed by atoms with van der Waals surface area (Å²) in [5.41, 5.74) is 1.15. The first-order chi connectivity index (χ1) is 8.56. The van der Waals surface area contributed by atoms with Crippen LogP contribution in [0.3, 0.4) is 0 Å². The lowest BCUT2D eigenvalue weighted by molar-refractivity contribution is 0.102. The number of hydrogen-bond acceptors (Lipinski definition) is 2. The van der Waals surface area contributed by atoms with E-state index in [0.29, 0.717) is 11.3 Å². The minimum atomic E-state index is -0.234. The van der Waals surface area contributed by atoms with E-state index < -0.39 is 0 Å². The number of amides is 1. The van der Waals surface area contributed by atoms with E-state index >= 15 is 0 Å². The Hall–Kier alpha value is -0.910. The fraction of sp³-hybridized carbons (Fsp3) is 0. The summed E-state index contributed by atoms with van der Waals surface area (Å²) in [5.74, 6) is -0.234. The van der Waals surface area contributed by atoms with Crippen LogP contribution in [0.5, 0.6) is 0 Å². The predicted molar refractivity (Wildman–Crippen MR) is 79.0 cm³/mol. The van der Waals surface area contributed by atoms with Crippen LogP contribution in [0.4, 0.5) is 5.69 Å². The molecule has 0 unspecified atom stereocenters. The maximum absolute atomic E-state index is 12.0. The van der Waals surface area contributed by atoms with Crippen LogP contribution in [0, 0.1) is 0 Å². The van der Waals surface area contributed by atoms with E-state index in [1.807, 2.05) is 12.1 Å². The molecule has 0 saturated heterocycles. The van der Waals surface area contributed by atoms with Crippen molar-refractivity contribution in [3.05, 3.63) is 56.2 Å². The zero-order valence-electron chi connectivity index (χ0n) is 8.95. The highest BCUT2D eigenvalue weighted by atomic mass is 79.9. The van der Waals surface area contributed by atoms with Crippen LogP contribution in [0.2, 0.25) is 5.15 Å². The number of halogens is 3. The Morgan fingerprint density at radius 3 is 2.67 bits per heavy atom. The molecule has 0 bridgehead atoms. The Balaban J connectivity index is 2.21. The van der Waals surface area contributed by atoms with Crippen LogP contribution in [0.25, 0.3) is 0 Å². The van der Waals surface area contributed by atoms with Crippen molar-refractivity contribution >= 4 is 55.1 Å². The molecule has 1 amide bonds. The van der Waals surface area contributed by atoms with E-state index in [1.54, 1.807) is 12.1 Å². The molecule has 1 N–H and O–H groups in total. The van der Waals surface area contributed by atoms with Crippen LogP contribution >= 0.6 is 43.5 Å². The second-order valence-electron chi connectivity index (χ2n) is 3.45. The first-order valence-corrected chi connectivity index (χ1v) is 6.90. The van der Waals surface area contributed by atoms with Crippen LogP contribution < -0.4 is 5.32 Å². The number of anilines is 1. The molecule has 0 atom stereocenters. The van der Waals surface area contributed by atoms with Crippen molar-refractivity contribution in [2.45, 2.75) is 0 Å². The molecule has 0 spiro atoms. The maximum atomic E-state index is 12.0. The molecule has 0 aliphatic heterocycles. The van der Waals surface area contributed by atoms with Gasteiger partial charge in [-0.2, -0.15) is 0 Å². The fourth-order valence-corrected chi connectivity index (χ4v) is 2.65. The van der Waals surface area contributed by atoms with Crippen molar-refractivity contribution in [1.82, 2.24) is 4.98 Å². The Kier molecular flexibility index (Phi) is 4.37. The van der Waals surface area contributed by atoms with Crippen LogP contribution in [0.15, 0.2) is 45.5 Å². The molecule has 1 heterocycles. The van der Waals surface area contributed by atoms with Crippen molar-refractivity contribution < 1.29 is 4.79 Å². The van der Waals surface area contributed by atoms with E-state index in [4.69, 9.17) is 11.6 Å². The average molecular weight is 390 g/mol. The summed E-state index contributed by atoms with van der Waals surface area (Å²) in [6, 6.07) is 8.63. The number of nitrogens with zero attached hydrogens (tertiary/aromatic N) is 1. The molecule has 1 aromatic carbocycles. The molecular weight excluding hydrogens is 383 g/mol. The third-order valence-electron chi connectivity index (χ3n) is 2.17. The molecular formula is C12H7Br2ClN2O. The number of pyridine rings is 1. The van der Waals surface area contributed by atoms with Crippen molar-refractivity contribution in [2.24, 2.45) is 0 Å². The highest BCUT2D eigenvalue weighted by molar-refractivity contribution is 9.11. The van der Waals surface area contributed by atoms with E-state index in [-0.39, 0.29) is 11.1 Å². The Morgan fingerprint density at radius 2 is 2.00 bits per heavy atom. The smallest absolute Gasteiger partial charge is 0.255 e. The van der Waals surface area contributed by atoms with Gasteiger partial charge in [-0.1, -0.05) is 27.5 Å². The highest BCUT2D eigenvalue weighted by Gasteiger charge is 2.09. The molecule has 0 radical (unpaired) electrons. The molecule has 18 heavy (non-hydrogen) atoms. The molecule has 1 aromatic heterocycles. The van der Waals surface area contributed by atoms with Crippen LogP contribution in [-0.2, 0) is 0 Å². The Morgan fingerprint density at radius 1 is 1.22 bits per heavy atom. The van der Waals surface area contributed by atoms with Gasteiger partial charge in [0.05, 0.1) is 5.69 Å². The first-order valence-electron chi connectivity index (χ1n) is 4.94. The molecule has 3 nitrogen and oxygen atoms in total. The third kappa shape index (κ3) is 3.31. The third-order valence-corrected chi connectivity index (χ3v) is 3.52. The topological polar surface area (TPSA) is 42.0 Å². The number of rotatable bonds is 2. The van der Waals surface area contributed by atoms with Crippen molar-refractivity contribution in [1.29, 1.82) is 0 Å². The zero-order valence-corrected chi connectivity index (χ0v) is 12.9. The van der Waals surface area contributed by atoms with Gasteiger partial charge in [0, 0.05) is 20.7 Å². The molecule has 0 aliphatic carbocycles. The number of aromatic nitrogens is 1. The van der Waals surface area contributed by atoms with Gasteiger partial charge in [0.15, 0.2) is 0 Å². The van der Waals surface area contributed by atoms with Crippen LogP contribution in [0.1, 0.15) is 10.4 Å². The zero-order chi connectivity index (χ0) is 13.1. The van der Waals surface area contributed by atoms with Crippen molar-refractivity contribution in [3.63, 3.8) is 0 Å². The van der Waals surface area contributed by atoms with Gasteiger partial charge in [0.2, 0.25) is 0 Å². The van der Waals surface area contributed by atoms with E-state index in [1.165, 1.54) is 12.3 Å². The van der Waals surface area contributed by atoms with E-state index in [0.717, 1.165) is 8.95 Å². The molecule has 6 heteroatoms.